The Balaban J connectivity index is 1.72. The molecule has 0 aliphatic heterocycles. The SMILES string of the molecule is c1cn(Cc2ccc3nc(-c4ccoc4)[nH]c3c2)cn1. The van der Waals surface area contributed by atoms with Crippen molar-refractivity contribution < 1.29 is 4.42 Å². The van der Waals surface area contributed by atoms with Crippen LogP contribution < -0.4 is 0 Å². The highest BCUT2D eigenvalue weighted by Crippen LogP contribution is 2.21. The number of nitrogens with zero attached hydrogens (tertiary/aromatic N) is 3. The molecule has 4 aromatic rings. The molecule has 3 aromatic heterocycles. The number of nitrogens with one attached hydrogen (secondary N) is 1. The van der Waals surface area contributed by atoms with Gasteiger partial charge in [-0.3, -0.25) is 0 Å². The van der Waals surface area contributed by atoms with Crippen molar-refractivity contribution in [3.8, 4) is 11.4 Å². The maximum atomic E-state index is 5.09. The summed E-state index contributed by atoms with van der Waals surface area (Å²) in [6, 6.07) is 8.13. The van der Waals surface area contributed by atoms with Crippen LogP contribution in [-0.2, 0) is 6.54 Å². The van der Waals surface area contributed by atoms with Gasteiger partial charge < -0.3 is 14.0 Å². The number of hydrogen-bond acceptors (Lipinski definition) is 3. The summed E-state index contributed by atoms with van der Waals surface area (Å²) in [5.74, 6) is 0.827. The van der Waals surface area contributed by atoms with E-state index >= 15 is 0 Å². The fourth-order valence-corrected chi connectivity index (χ4v) is 2.28. The quantitative estimate of drug-likeness (QED) is 0.618. The van der Waals surface area contributed by atoms with Gasteiger partial charge in [0.15, 0.2) is 0 Å². The molecule has 3 heterocycles. The third-order valence-electron chi connectivity index (χ3n) is 3.27. The molecule has 5 nitrogen and oxygen atoms in total. The third kappa shape index (κ3) is 1.89. The van der Waals surface area contributed by atoms with E-state index in [0.717, 1.165) is 29.0 Å². The van der Waals surface area contributed by atoms with Crippen LogP contribution in [0.4, 0.5) is 0 Å². The molecule has 0 fully saturated rings. The molecular formula is C15H12N4O. The summed E-state index contributed by atoms with van der Waals surface area (Å²) in [5, 5.41) is 0. The van der Waals surface area contributed by atoms with E-state index in [4.69, 9.17) is 4.42 Å². The maximum absolute atomic E-state index is 5.09. The molecule has 4 rings (SSSR count). The topological polar surface area (TPSA) is 59.6 Å². The van der Waals surface area contributed by atoms with Gasteiger partial charge in [-0.15, -0.1) is 0 Å². The molecule has 5 heteroatoms. The van der Waals surface area contributed by atoms with Crippen LogP contribution in [0, 0.1) is 0 Å². The fraction of sp³-hybridized carbons (Fsp3) is 0.0667. The summed E-state index contributed by atoms with van der Waals surface area (Å²) in [4.78, 5) is 11.9. The first-order valence-electron chi connectivity index (χ1n) is 6.35. The first-order valence-corrected chi connectivity index (χ1v) is 6.35. The summed E-state index contributed by atoms with van der Waals surface area (Å²) in [6.45, 7) is 0.802. The van der Waals surface area contributed by atoms with Crippen LogP contribution in [0.2, 0.25) is 0 Å². The Bertz CT molecular complexity index is 828. The van der Waals surface area contributed by atoms with Gasteiger partial charge in [0, 0.05) is 18.9 Å². The van der Waals surface area contributed by atoms with Crippen molar-refractivity contribution in [1.29, 1.82) is 0 Å². The van der Waals surface area contributed by atoms with Crippen molar-refractivity contribution in [1.82, 2.24) is 19.5 Å². The van der Waals surface area contributed by atoms with Crippen LogP contribution >= 0.6 is 0 Å². The Labute approximate surface area is 114 Å². The molecule has 0 atom stereocenters. The number of furan rings is 1. The Morgan fingerprint density at radius 3 is 3.05 bits per heavy atom. The zero-order valence-corrected chi connectivity index (χ0v) is 10.7. The van der Waals surface area contributed by atoms with Crippen LogP contribution in [0.3, 0.4) is 0 Å². The van der Waals surface area contributed by atoms with Crippen molar-refractivity contribution in [2.45, 2.75) is 6.54 Å². The van der Waals surface area contributed by atoms with E-state index in [0.29, 0.717) is 0 Å². The van der Waals surface area contributed by atoms with E-state index in [9.17, 15) is 0 Å². The van der Waals surface area contributed by atoms with Gasteiger partial charge >= 0.3 is 0 Å². The number of benzene rings is 1. The zero-order chi connectivity index (χ0) is 13.4. The van der Waals surface area contributed by atoms with Gasteiger partial charge in [-0.1, -0.05) is 6.07 Å². The molecule has 0 saturated carbocycles. The van der Waals surface area contributed by atoms with Crippen LogP contribution in [0.5, 0.6) is 0 Å². The van der Waals surface area contributed by atoms with Gasteiger partial charge in [0.25, 0.3) is 0 Å². The average Bonchev–Trinajstić information content (AvgIpc) is 3.19. The fourth-order valence-electron chi connectivity index (χ4n) is 2.28. The highest BCUT2D eigenvalue weighted by molar-refractivity contribution is 5.79. The largest absolute Gasteiger partial charge is 0.472 e. The number of rotatable bonds is 3. The first-order chi connectivity index (χ1) is 9.88. The van der Waals surface area contributed by atoms with E-state index in [-0.39, 0.29) is 0 Å². The Hall–Kier alpha value is -2.82. The summed E-state index contributed by atoms with van der Waals surface area (Å²) in [5.41, 5.74) is 4.14. The number of aromatic amines is 1. The number of H-pyrrole nitrogens is 1. The molecule has 98 valence electrons. The molecule has 1 aromatic carbocycles. The molecule has 0 unspecified atom stereocenters. The summed E-state index contributed by atoms with van der Waals surface area (Å²) < 4.78 is 7.12. The number of fused-ring (bicyclic) bond motifs is 1. The van der Waals surface area contributed by atoms with E-state index in [1.54, 1.807) is 18.7 Å². The number of aromatic nitrogens is 4. The average molecular weight is 264 g/mol. The van der Waals surface area contributed by atoms with Crippen LogP contribution in [0.15, 0.2) is 59.9 Å². The van der Waals surface area contributed by atoms with Crippen LogP contribution in [0.25, 0.3) is 22.4 Å². The Kier molecular flexibility index (Phi) is 2.42. The normalized spacial score (nSPS) is 11.2. The van der Waals surface area contributed by atoms with Gasteiger partial charge in [-0.2, -0.15) is 0 Å². The zero-order valence-electron chi connectivity index (χ0n) is 10.7. The second-order valence-corrected chi connectivity index (χ2v) is 4.68. The molecular weight excluding hydrogens is 252 g/mol. The predicted octanol–water partition coefficient (Wildman–Crippen LogP) is 3.07. The lowest BCUT2D eigenvalue weighted by Gasteiger charge is -2.01. The third-order valence-corrected chi connectivity index (χ3v) is 3.27. The maximum Gasteiger partial charge on any atom is 0.141 e. The van der Waals surface area contributed by atoms with Gasteiger partial charge in [0.2, 0.25) is 0 Å². The lowest BCUT2D eigenvalue weighted by atomic mass is 10.2. The predicted molar refractivity (Wildman–Crippen MR) is 75.1 cm³/mol. The Morgan fingerprint density at radius 2 is 2.25 bits per heavy atom. The van der Waals surface area contributed by atoms with Gasteiger partial charge in [-0.25, -0.2) is 9.97 Å². The number of imidazole rings is 2. The van der Waals surface area contributed by atoms with Gasteiger partial charge in [-0.05, 0) is 23.8 Å². The molecule has 0 saturated heterocycles. The smallest absolute Gasteiger partial charge is 0.141 e. The van der Waals surface area contributed by atoms with Crippen molar-refractivity contribution in [3.63, 3.8) is 0 Å². The highest BCUT2D eigenvalue weighted by Gasteiger charge is 2.07. The monoisotopic (exact) mass is 264 g/mol. The van der Waals surface area contributed by atoms with Crippen molar-refractivity contribution in [3.05, 3.63) is 61.1 Å². The molecule has 0 spiro atoms. The lowest BCUT2D eigenvalue weighted by molar-refractivity contribution is 0.568. The molecule has 0 aliphatic carbocycles. The molecule has 0 aliphatic rings. The van der Waals surface area contributed by atoms with E-state index in [1.165, 1.54) is 5.56 Å². The van der Waals surface area contributed by atoms with Gasteiger partial charge in [0.1, 0.15) is 12.1 Å². The molecule has 0 bridgehead atoms. The highest BCUT2D eigenvalue weighted by atomic mass is 16.3. The van der Waals surface area contributed by atoms with Gasteiger partial charge in [0.05, 0.1) is 29.2 Å². The first kappa shape index (κ1) is 11.0. The molecule has 0 amide bonds. The van der Waals surface area contributed by atoms with Crippen LogP contribution in [0.1, 0.15) is 5.56 Å². The van der Waals surface area contributed by atoms with Crippen LogP contribution in [-0.4, -0.2) is 19.5 Å². The lowest BCUT2D eigenvalue weighted by Crippen LogP contribution is -1.95. The van der Waals surface area contributed by atoms with E-state index in [1.807, 2.05) is 29.2 Å². The van der Waals surface area contributed by atoms with Crippen molar-refractivity contribution >= 4 is 11.0 Å². The molecule has 1 N–H and O–H groups in total. The summed E-state index contributed by atoms with van der Waals surface area (Å²) >= 11 is 0. The van der Waals surface area contributed by atoms with E-state index < -0.39 is 0 Å². The summed E-state index contributed by atoms with van der Waals surface area (Å²) in [6.07, 6.45) is 8.88. The minimum absolute atomic E-state index is 0.802. The summed E-state index contributed by atoms with van der Waals surface area (Å²) in [7, 11) is 0. The second-order valence-electron chi connectivity index (χ2n) is 4.68. The number of hydrogen-bond donors (Lipinski definition) is 1. The molecule has 0 radical (unpaired) electrons. The minimum atomic E-state index is 0.802. The van der Waals surface area contributed by atoms with E-state index in [2.05, 4.69) is 27.1 Å². The standard InChI is InChI=1S/C15H12N4O/c1-2-13-14(7-11(1)8-19-5-4-16-10-19)18-15(17-13)12-3-6-20-9-12/h1-7,9-10H,8H2,(H,17,18). The second kappa shape index (κ2) is 4.38. The van der Waals surface area contributed by atoms with Crippen molar-refractivity contribution in [2.75, 3.05) is 0 Å². The van der Waals surface area contributed by atoms with Crippen molar-refractivity contribution in [2.24, 2.45) is 0 Å². The molecule has 20 heavy (non-hydrogen) atoms. The minimum Gasteiger partial charge on any atom is -0.472 e. The Morgan fingerprint density at radius 1 is 1.25 bits per heavy atom.